The molecule has 7 nitrogen and oxygen atoms in total. The van der Waals surface area contributed by atoms with Crippen LogP contribution >= 0.6 is 0 Å². The van der Waals surface area contributed by atoms with Crippen molar-refractivity contribution in [2.75, 3.05) is 31.6 Å². The van der Waals surface area contributed by atoms with Crippen LogP contribution in [-0.2, 0) is 26.4 Å². The van der Waals surface area contributed by atoms with E-state index in [1.165, 1.54) is 24.8 Å². The number of rotatable bonds is 10. The van der Waals surface area contributed by atoms with Gasteiger partial charge in [0, 0.05) is 17.8 Å². The van der Waals surface area contributed by atoms with Crippen LogP contribution in [0.1, 0.15) is 49.3 Å². The predicted molar refractivity (Wildman–Crippen MR) is 132 cm³/mol. The molecule has 0 aliphatic carbocycles. The van der Waals surface area contributed by atoms with Gasteiger partial charge in [-0.05, 0) is 67.7 Å². The molecule has 0 amide bonds. The first-order chi connectivity index (χ1) is 16.5. The van der Waals surface area contributed by atoms with Crippen LogP contribution in [0.2, 0.25) is 0 Å². The average Bonchev–Trinajstić information content (AvgIpc) is 2.88. The van der Waals surface area contributed by atoms with Crippen molar-refractivity contribution < 1.29 is 14.3 Å². The summed E-state index contributed by atoms with van der Waals surface area (Å²) in [6.45, 7) is 4.72. The number of nitrogens with one attached hydrogen (secondary N) is 1. The van der Waals surface area contributed by atoms with Crippen LogP contribution < -0.4 is 11.1 Å². The Bertz CT molecular complexity index is 1050. The fraction of sp³-hybridized carbons (Fsp3) is 0.407. The monoisotopic (exact) mass is 460 g/mol. The lowest BCUT2D eigenvalue weighted by atomic mass is 9.83. The van der Waals surface area contributed by atoms with E-state index < -0.39 is 11.5 Å². The Labute approximate surface area is 201 Å². The number of nitriles is 1. The molecule has 1 fully saturated rings. The SMILES string of the molecule is CCC(=C=O)C(N)(COC(=O)CNc1ccc(C#N)cc1)c1ccc(CN2CCCCC2)cc1. The lowest BCUT2D eigenvalue weighted by Gasteiger charge is -2.30. The molecule has 0 saturated carbocycles. The van der Waals surface area contributed by atoms with Gasteiger partial charge in [-0.15, -0.1) is 0 Å². The van der Waals surface area contributed by atoms with Gasteiger partial charge >= 0.3 is 5.97 Å². The lowest BCUT2D eigenvalue weighted by Crippen LogP contribution is -2.44. The van der Waals surface area contributed by atoms with Crippen molar-refractivity contribution in [2.45, 2.75) is 44.7 Å². The molecule has 1 atom stereocenters. The van der Waals surface area contributed by atoms with Gasteiger partial charge < -0.3 is 15.8 Å². The standard InChI is InChI=1S/C27H32N4O3/c1-2-23(19-32)27(29,20-34-26(33)17-30-25-12-8-21(16-28)9-13-25)24-10-6-22(7-11-24)18-31-14-4-3-5-15-31/h6-13,30H,2-5,14-15,17-18,20,29H2,1H3. The number of ether oxygens (including phenoxy) is 1. The van der Waals surface area contributed by atoms with Crippen LogP contribution in [0.4, 0.5) is 5.69 Å². The quantitative estimate of drug-likeness (QED) is 0.412. The summed E-state index contributed by atoms with van der Waals surface area (Å²) in [7, 11) is 0. The van der Waals surface area contributed by atoms with Crippen molar-refractivity contribution >= 4 is 17.6 Å². The topological polar surface area (TPSA) is 108 Å². The van der Waals surface area contributed by atoms with Crippen LogP contribution in [0.5, 0.6) is 0 Å². The van der Waals surface area contributed by atoms with E-state index in [9.17, 15) is 9.59 Å². The number of nitrogens with zero attached hydrogens (tertiary/aromatic N) is 2. The Hall–Kier alpha value is -3.43. The molecule has 3 rings (SSSR count). The number of hydrogen-bond donors (Lipinski definition) is 2. The summed E-state index contributed by atoms with van der Waals surface area (Å²) in [4.78, 5) is 26.5. The summed E-state index contributed by atoms with van der Waals surface area (Å²) >= 11 is 0. The minimum atomic E-state index is -1.25. The predicted octanol–water partition coefficient (Wildman–Crippen LogP) is 3.52. The van der Waals surface area contributed by atoms with Crippen molar-refractivity contribution in [3.05, 3.63) is 70.8 Å². The van der Waals surface area contributed by atoms with E-state index in [4.69, 9.17) is 15.7 Å². The molecule has 1 aliphatic rings. The molecule has 34 heavy (non-hydrogen) atoms. The third-order valence-corrected chi connectivity index (χ3v) is 6.25. The van der Waals surface area contributed by atoms with Crippen LogP contribution in [0.15, 0.2) is 54.1 Å². The fourth-order valence-corrected chi connectivity index (χ4v) is 4.19. The number of esters is 1. The maximum atomic E-state index is 12.4. The number of piperidine rings is 1. The van der Waals surface area contributed by atoms with Crippen molar-refractivity contribution in [1.82, 2.24) is 4.90 Å². The first kappa shape index (κ1) is 25.2. The number of likely N-dealkylation sites (tertiary alicyclic amines) is 1. The zero-order valence-electron chi connectivity index (χ0n) is 19.7. The molecule has 2 aromatic carbocycles. The normalized spacial score (nSPS) is 15.4. The number of anilines is 1. The molecular formula is C27H32N4O3. The van der Waals surface area contributed by atoms with E-state index >= 15 is 0 Å². The van der Waals surface area contributed by atoms with E-state index in [2.05, 4.69) is 10.2 Å². The summed E-state index contributed by atoms with van der Waals surface area (Å²) in [5.74, 6) is 1.47. The Morgan fingerprint density at radius 3 is 2.38 bits per heavy atom. The Morgan fingerprint density at radius 1 is 1.12 bits per heavy atom. The summed E-state index contributed by atoms with van der Waals surface area (Å²) in [6.07, 6.45) is 4.17. The maximum absolute atomic E-state index is 12.4. The average molecular weight is 461 g/mol. The number of carbonyl (C=O) groups is 1. The number of hydrogen-bond acceptors (Lipinski definition) is 7. The highest BCUT2D eigenvalue weighted by Crippen LogP contribution is 2.29. The van der Waals surface area contributed by atoms with Gasteiger partial charge in [-0.1, -0.05) is 37.6 Å². The molecule has 1 unspecified atom stereocenters. The second-order valence-corrected chi connectivity index (χ2v) is 8.64. The Balaban J connectivity index is 1.64. The van der Waals surface area contributed by atoms with Crippen LogP contribution in [0.3, 0.4) is 0 Å². The van der Waals surface area contributed by atoms with Crippen molar-refractivity contribution in [2.24, 2.45) is 5.73 Å². The van der Waals surface area contributed by atoms with Gasteiger partial charge in [0.1, 0.15) is 24.6 Å². The lowest BCUT2D eigenvalue weighted by molar-refractivity contribution is -0.143. The molecule has 7 heteroatoms. The Morgan fingerprint density at radius 2 is 1.79 bits per heavy atom. The van der Waals surface area contributed by atoms with Gasteiger partial charge in [-0.2, -0.15) is 5.26 Å². The van der Waals surface area contributed by atoms with Gasteiger partial charge in [0.2, 0.25) is 0 Å². The van der Waals surface area contributed by atoms with Crippen molar-refractivity contribution in [1.29, 1.82) is 5.26 Å². The molecule has 0 spiro atoms. The van der Waals surface area contributed by atoms with E-state index in [-0.39, 0.29) is 13.2 Å². The molecule has 1 aliphatic heterocycles. The van der Waals surface area contributed by atoms with E-state index in [1.54, 1.807) is 24.3 Å². The summed E-state index contributed by atoms with van der Waals surface area (Å²) in [5.41, 5.74) is 8.90. The summed E-state index contributed by atoms with van der Waals surface area (Å²) < 4.78 is 5.48. The molecule has 0 aromatic heterocycles. The zero-order valence-corrected chi connectivity index (χ0v) is 19.7. The van der Waals surface area contributed by atoms with Crippen LogP contribution in [0.25, 0.3) is 0 Å². The maximum Gasteiger partial charge on any atom is 0.325 e. The minimum absolute atomic E-state index is 0.0665. The molecule has 3 N–H and O–H groups in total. The Kier molecular flexibility index (Phi) is 9.00. The first-order valence-electron chi connectivity index (χ1n) is 11.7. The van der Waals surface area contributed by atoms with Gasteiger partial charge in [-0.25, -0.2) is 4.79 Å². The molecular weight excluding hydrogens is 428 g/mol. The third kappa shape index (κ3) is 6.55. The highest BCUT2D eigenvalue weighted by Gasteiger charge is 2.34. The van der Waals surface area contributed by atoms with Crippen LogP contribution in [-0.4, -0.2) is 43.1 Å². The van der Waals surface area contributed by atoms with E-state index in [0.29, 0.717) is 28.8 Å². The summed E-state index contributed by atoms with van der Waals surface area (Å²) in [6, 6.07) is 16.7. The van der Waals surface area contributed by atoms with Crippen LogP contribution in [0, 0.1) is 11.3 Å². The molecule has 2 aromatic rings. The highest BCUT2D eigenvalue weighted by molar-refractivity contribution is 5.75. The number of nitrogens with two attached hydrogens (primary N) is 1. The second kappa shape index (κ2) is 12.2. The molecule has 0 radical (unpaired) electrons. The largest absolute Gasteiger partial charge is 0.462 e. The summed E-state index contributed by atoms with van der Waals surface area (Å²) in [5, 5.41) is 11.8. The van der Waals surface area contributed by atoms with E-state index in [1.807, 2.05) is 43.2 Å². The highest BCUT2D eigenvalue weighted by atomic mass is 16.5. The second-order valence-electron chi connectivity index (χ2n) is 8.64. The van der Waals surface area contributed by atoms with Gasteiger partial charge in [-0.3, -0.25) is 9.69 Å². The number of benzene rings is 2. The van der Waals surface area contributed by atoms with Gasteiger partial charge in [0.25, 0.3) is 0 Å². The first-order valence-corrected chi connectivity index (χ1v) is 11.7. The van der Waals surface area contributed by atoms with Gasteiger partial charge in [0.15, 0.2) is 0 Å². The molecule has 178 valence electrons. The molecule has 0 bridgehead atoms. The zero-order chi connectivity index (χ0) is 24.4. The molecule has 1 saturated heterocycles. The van der Waals surface area contributed by atoms with Crippen molar-refractivity contribution in [3.8, 4) is 6.07 Å². The third-order valence-electron chi connectivity index (χ3n) is 6.25. The molecule has 1 heterocycles. The van der Waals surface area contributed by atoms with Gasteiger partial charge in [0.05, 0.1) is 11.6 Å². The van der Waals surface area contributed by atoms with E-state index in [0.717, 1.165) is 19.6 Å². The smallest absolute Gasteiger partial charge is 0.325 e. The minimum Gasteiger partial charge on any atom is -0.462 e. The fourth-order valence-electron chi connectivity index (χ4n) is 4.19. The van der Waals surface area contributed by atoms with Crippen molar-refractivity contribution in [3.63, 3.8) is 0 Å². The number of carbonyl (C=O) groups excluding carboxylic acids is 2.